The van der Waals surface area contributed by atoms with Gasteiger partial charge in [0.15, 0.2) is 0 Å². The molecule has 0 saturated carbocycles. The minimum Gasteiger partial charge on any atom is -0.469 e. The number of nitrogens with zero attached hydrogens (tertiary/aromatic N) is 4. The Morgan fingerprint density at radius 1 is 1.33 bits per heavy atom. The molecule has 18 heavy (non-hydrogen) atoms. The Bertz CT molecular complexity index is 563. The Labute approximate surface area is 105 Å². The summed E-state index contributed by atoms with van der Waals surface area (Å²) in [5.74, 6) is 0.212. The Hall–Kier alpha value is -2.24. The van der Waals surface area contributed by atoms with Crippen molar-refractivity contribution in [1.29, 1.82) is 0 Å². The van der Waals surface area contributed by atoms with Crippen molar-refractivity contribution in [2.24, 2.45) is 0 Å². The second-order valence-electron chi connectivity index (χ2n) is 3.86. The quantitative estimate of drug-likeness (QED) is 0.755. The Balaban J connectivity index is 2.41. The molecule has 0 radical (unpaired) electrons. The van der Waals surface area contributed by atoms with Crippen molar-refractivity contribution < 1.29 is 9.53 Å². The molecule has 2 aromatic rings. The summed E-state index contributed by atoms with van der Waals surface area (Å²) < 4.78 is 6.30. The zero-order valence-corrected chi connectivity index (χ0v) is 10.5. The molecule has 2 heterocycles. The maximum atomic E-state index is 11.3. The van der Waals surface area contributed by atoms with Crippen LogP contribution < -0.4 is 0 Å². The SMILES string of the molecule is COC(=O)Cc1c(C)nn(-c2ncccn2)c1C. The van der Waals surface area contributed by atoms with Crippen LogP contribution >= 0.6 is 0 Å². The first-order chi connectivity index (χ1) is 8.63. The van der Waals surface area contributed by atoms with Gasteiger partial charge in [0.25, 0.3) is 5.95 Å². The van der Waals surface area contributed by atoms with E-state index in [9.17, 15) is 4.79 Å². The lowest BCUT2D eigenvalue weighted by molar-refractivity contribution is -0.139. The summed E-state index contributed by atoms with van der Waals surface area (Å²) in [5, 5.41) is 4.35. The molecule has 0 fully saturated rings. The molecular formula is C12H14N4O2. The maximum absolute atomic E-state index is 11.3. The van der Waals surface area contributed by atoms with Crippen molar-refractivity contribution in [2.45, 2.75) is 20.3 Å². The summed E-state index contributed by atoms with van der Waals surface area (Å²) >= 11 is 0. The number of carbonyl (C=O) groups is 1. The molecule has 0 unspecified atom stereocenters. The average Bonchev–Trinajstić information content (AvgIpc) is 2.67. The van der Waals surface area contributed by atoms with Gasteiger partial charge in [0.05, 0.1) is 19.2 Å². The predicted octanol–water partition coefficient (Wildman–Crippen LogP) is 0.995. The van der Waals surface area contributed by atoms with E-state index in [1.165, 1.54) is 7.11 Å². The lowest BCUT2D eigenvalue weighted by Crippen LogP contribution is -2.07. The van der Waals surface area contributed by atoms with E-state index < -0.39 is 0 Å². The van der Waals surface area contributed by atoms with Crippen LogP contribution in [0.2, 0.25) is 0 Å². The number of carbonyl (C=O) groups excluding carboxylic acids is 1. The van der Waals surface area contributed by atoms with Crippen molar-refractivity contribution in [2.75, 3.05) is 7.11 Å². The van der Waals surface area contributed by atoms with Crippen LogP contribution in [0.25, 0.3) is 5.95 Å². The fourth-order valence-electron chi connectivity index (χ4n) is 1.74. The van der Waals surface area contributed by atoms with E-state index in [1.807, 2.05) is 13.8 Å². The van der Waals surface area contributed by atoms with E-state index in [-0.39, 0.29) is 12.4 Å². The molecule has 0 N–H and O–H groups in total. The molecular weight excluding hydrogens is 232 g/mol. The molecule has 0 aromatic carbocycles. The van der Waals surface area contributed by atoms with E-state index in [0.29, 0.717) is 5.95 Å². The predicted molar refractivity (Wildman–Crippen MR) is 64.3 cm³/mol. The van der Waals surface area contributed by atoms with Gasteiger partial charge in [-0.2, -0.15) is 5.10 Å². The summed E-state index contributed by atoms with van der Waals surface area (Å²) in [6.45, 7) is 3.74. The van der Waals surface area contributed by atoms with Crippen molar-refractivity contribution >= 4 is 5.97 Å². The van der Waals surface area contributed by atoms with Gasteiger partial charge >= 0.3 is 5.97 Å². The second kappa shape index (κ2) is 4.95. The summed E-state index contributed by atoms with van der Waals surface area (Å²) in [6, 6.07) is 1.74. The lowest BCUT2D eigenvalue weighted by atomic mass is 10.1. The van der Waals surface area contributed by atoms with Crippen LogP contribution in [0.5, 0.6) is 0 Å². The zero-order chi connectivity index (χ0) is 13.1. The number of aryl methyl sites for hydroxylation is 1. The van der Waals surface area contributed by atoms with Crippen molar-refractivity contribution in [1.82, 2.24) is 19.7 Å². The molecule has 0 aliphatic carbocycles. The summed E-state index contributed by atoms with van der Waals surface area (Å²) in [4.78, 5) is 19.6. The van der Waals surface area contributed by atoms with E-state index >= 15 is 0 Å². The van der Waals surface area contributed by atoms with Crippen LogP contribution in [0.4, 0.5) is 0 Å². The largest absolute Gasteiger partial charge is 0.469 e. The van der Waals surface area contributed by atoms with Gasteiger partial charge in [-0.15, -0.1) is 0 Å². The number of ether oxygens (including phenoxy) is 1. The summed E-state index contributed by atoms with van der Waals surface area (Å²) in [5.41, 5.74) is 2.49. The van der Waals surface area contributed by atoms with Crippen LogP contribution in [0.3, 0.4) is 0 Å². The molecule has 94 valence electrons. The van der Waals surface area contributed by atoms with E-state index in [1.54, 1.807) is 23.1 Å². The topological polar surface area (TPSA) is 69.9 Å². The van der Waals surface area contributed by atoms with Gasteiger partial charge in [0.2, 0.25) is 0 Å². The third kappa shape index (κ3) is 2.22. The first kappa shape index (κ1) is 12.2. The van der Waals surface area contributed by atoms with Crippen molar-refractivity contribution in [3.8, 4) is 5.95 Å². The van der Waals surface area contributed by atoms with Crippen LogP contribution in [0, 0.1) is 13.8 Å². The van der Waals surface area contributed by atoms with Crippen LogP contribution in [-0.4, -0.2) is 32.8 Å². The highest BCUT2D eigenvalue weighted by Gasteiger charge is 2.16. The Morgan fingerprint density at radius 2 is 2.00 bits per heavy atom. The minimum atomic E-state index is -0.283. The van der Waals surface area contributed by atoms with Gasteiger partial charge < -0.3 is 4.74 Å². The van der Waals surface area contributed by atoms with Gasteiger partial charge in [-0.05, 0) is 19.9 Å². The number of aromatic nitrogens is 4. The van der Waals surface area contributed by atoms with Crippen molar-refractivity contribution in [3.05, 3.63) is 35.4 Å². The molecule has 2 rings (SSSR count). The molecule has 0 bridgehead atoms. The second-order valence-corrected chi connectivity index (χ2v) is 3.86. The summed E-state index contributed by atoms with van der Waals surface area (Å²) in [6.07, 6.45) is 3.51. The third-order valence-electron chi connectivity index (χ3n) is 2.73. The van der Waals surface area contributed by atoms with Gasteiger partial charge in [-0.3, -0.25) is 4.79 Å². The molecule has 0 saturated heterocycles. The lowest BCUT2D eigenvalue weighted by Gasteiger charge is -2.02. The summed E-state index contributed by atoms with van der Waals surface area (Å²) in [7, 11) is 1.37. The van der Waals surface area contributed by atoms with E-state index in [0.717, 1.165) is 17.0 Å². The molecule has 0 aliphatic heterocycles. The Kier molecular flexibility index (Phi) is 3.36. The highest BCUT2D eigenvalue weighted by molar-refractivity contribution is 5.73. The van der Waals surface area contributed by atoms with Crippen LogP contribution in [-0.2, 0) is 16.0 Å². The third-order valence-corrected chi connectivity index (χ3v) is 2.73. The number of hydrogen-bond donors (Lipinski definition) is 0. The molecule has 0 atom stereocenters. The molecule has 2 aromatic heterocycles. The molecule has 0 aliphatic rings. The fourth-order valence-corrected chi connectivity index (χ4v) is 1.74. The normalized spacial score (nSPS) is 10.4. The molecule has 0 amide bonds. The number of methoxy groups -OCH3 is 1. The monoisotopic (exact) mass is 246 g/mol. The molecule has 6 nitrogen and oxygen atoms in total. The number of rotatable bonds is 3. The fraction of sp³-hybridized carbons (Fsp3) is 0.333. The first-order valence-electron chi connectivity index (χ1n) is 5.52. The zero-order valence-electron chi connectivity index (χ0n) is 10.5. The van der Waals surface area contributed by atoms with Crippen LogP contribution in [0.1, 0.15) is 17.0 Å². The first-order valence-corrected chi connectivity index (χ1v) is 5.52. The standard InChI is InChI=1S/C12H14N4O2/c1-8-10(7-11(17)18-3)9(2)16(15-8)12-13-5-4-6-14-12/h4-6H,7H2,1-3H3. The maximum Gasteiger partial charge on any atom is 0.310 e. The van der Waals surface area contributed by atoms with Gasteiger partial charge in [0.1, 0.15) is 0 Å². The van der Waals surface area contributed by atoms with E-state index in [4.69, 9.17) is 0 Å². The average molecular weight is 246 g/mol. The van der Waals surface area contributed by atoms with Crippen LogP contribution in [0.15, 0.2) is 18.5 Å². The molecule has 6 heteroatoms. The smallest absolute Gasteiger partial charge is 0.310 e. The number of hydrogen-bond acceptors (Lipinski definition) is 5. The highest BCUT2D eigenvalue weighted by atomic mass is 16.5. The van der Waals surface area contributed by atoms with Gasteiger partial charge in [-0.25, -0.2) is 14.6 Å². The number of esters is 1. The van der Waals surface area contributed by atoms with Crippen molar-refractivity contribution in [3.63, 3.8) is 0 Å². The van der Waals surface area contributed by atoms with Gasteiger partial charge in [0, 0.05) is 23.7 Å². The Morgan fingerprint density at radius 3 is 2.61 bits per heavy atom. The molecule has 0 spiro atoms. The minimum absolute atomic E-state index is 0.209. The highest BCUT2D eigenvalue weighted by Crippen LogP contribution is 2.16. The van der Waals surface area contributed by atoms with E-state index in [2.05, 4.69) is 19.8 Å². The van der Waals surface area contributed by atoms with Gasteiger partial charge in [-0.1, -0.05) is 0 Å².